The van der Waals surface area contributed by atoms with Crippen molar-refractivity contribution in [1.29, 1.82) is 0 Å². The molecule has 0 spiro atoms. The maximum atomic E-state index is 12.8. The Balaban J connectivity index is 1.57. The summed E-state index contributed by atoms with van der Waals surface area (Å²) in [6.07, 6.45) is 6.36. The van der Waals surface area contributed by atoms with Gasteiger partial charge in [0, 0.05) is 44.0 Å². The third kappa shape index (κ3) is 4.85. The first-order valence-corrected chi connectivity index (χ1v) is 10.2. The van der Waals surface area contributed by atoms with E-state index in [4.69, 9.17) is 0 Å². The average Bonchev–Trinajstić information content (AvgIpc) is 2.98. The Bertz CT molecular complexity index is 657. The predicted octanol–water partition coefficient (Wildman–Crippen LogP) is 2.04. The van der Waals surface area contributed by atoms with Crippen molar-refractivity contribution in [3.05, 3.63) is 22.1 Å². The minimum Gasteiger partial charge on any atom is -0.340 e. The second kappa shape index (κ2) is 8.36. The fraction of sp³-hybridized carbons (Fsp3) is 0.722. The molecule has 1 aromatic heterocycles. The van der Waals surface area contributed by atoms with Crippen molar-refractivity contribution in [2.45, 2.75) is 62.4 Å². The van der Waals surface area contributed by atoms with E-state index in [1.54, 1.807) is 6.92 Å². The molecule has 6 nitrogen and oxygen atoms in total. The lowest BCUT2D eigenvalue weighted by atomic mass is 10.2. The molecular formula is C18H28N4O2S. The van der Waals surface area contributed by atoms with Gasteiger partial charge in [0.1, 0.15) is 0 Å². The van der Waals surface area contributed by atoms with Crippen molar-refractivity contribution in [1.82, 2.24) is 19.8 Å². The Morgan fingerprint density at radius 3 is 2.72 bits per heavy atom. The number of rotatable bonds is 4. The Morgan fingerprint density at radius 2 is 2.00 bits per heavy atom. The van der Waals surface area contributed by atoms with Gasteiger partial charge in [-0.2, -0.15) is 0 Å². The van der Waals surface area contributed by atoms with Crippen LogP contribution in [0.1, 0.15) is 44.7 Å². The lowest BCUT2D eigenvalue weighted by Crippen LogP contribution is -2.41. The van der Waals surface area contributed by atoms with Crippen molar-refractivity contribution in [3.63, 3.8) is 0 Å². The van der Waals surface area contributed by atoms with E-state index in [1.165, 1.54) is 43.5 Å². The lowest BCUT2D eigenvalue weighted by molar-refractivity contribution is -0.130. The summed E-state index contributed by atoms with van der Waals surface area (Å²) in [5.74, 6) is 0.141. The van der Waals surface area contributed by atoms with Gasteiger partial charge in [0.25, 0.3) is 5.56 Å². The Hall–Kier alpha value is -1.34. The van der Waals surface area contributed by atoms with Gasteiger partial charge in [-0.15, -0.1) is 0 Å². The number of aromatic amines is 1. The van der Waals surface area contributed by atoms with Gasteiger partial charge < -0.3 is 9.88 Å². The van der Waals surface area contributed by atoms with E-state index >= 15 is 0 Å². The second-order valence-corrected chi connectivity index (χ2v) is 8.43. The number of amides is 1. The van der Waals surface area contributed by atoms with Gasteiger partial charge in [-0.1, -0.05) is 24.6 Å². The largest absolute Gasteiger partial charge is 0.340 e. The third-order valence-corrected chi connectivity index (χ3v) is 6.14. The summed E-state index contributed by atoms with van der Waals surface area (Å²) in [6, 6.07) is 2.19. The third-order valence-electron chi connectivity index (χ3n) is 5.17. The van der Waals surface area contributed by atoms with Crippen LogP contribution in [0.25, 0.3) is 0 Å². The molecule has 1 aromatic rings. The van der Waals surface area contributed by atoms with Crippen LogP contribution < -0.4 is 5.56 Å². The van der Waals surface area contributed by atoms with Crippen LogP contribution in [0.15, 0.2) is 16.0 Å². The molecule has 0 bridgehead atoms. The van der Waals surface area contributed by atoms with E-state index in [2.05, 4.69) is 14.9 Å². The summed E-state index contributed by atoms with van der Waals surface area (Å²) in [5, 5.41) is 0.274. The Kier molecular flexibility index (Phi) is 6.17. The summed E-state index contributed by atoms with van der Waals surface area (Å²) in [7, 11) is 0. The molecule has 2 heterocycles. The van der Waals surface area contributed by atoms with Crippen LogP contribution in [-0.2, 0) is 4.79 Å². The van der Waals surface area contributed by atoms with Crippen LogP contribution >= 0.6 is 11.8 Å². The van der Waals surface area contributed by atoms with Crippen LogP contribution in [0, 0.1) is 6.92 Å². The number of hydrogen-bond acceptors (Lipinski definition) is 5. The van der Waals surface area contributed by atoms with Gasteiger partial charge in [-0.05, 0) is 33.1 Å². The molecule has 2 aliphatic rings. The smallest absolute Gasteiger partial charge is 0.251 e. The number of hydrogen-bond donors (Lipinski definition) is 1. The minimum atomic E-state index is -0.247. The Labute approximate surface area is 153 Å². The molecule has 2 fully saturated rings. The first-order valence-electron chi connectivity index (χ1n) is 9.30. The number of aryl methyl sites for hydroxylation is 1. The number of carbonyl (C=O) groups is 1. The second-order valence-electron chi connectivity index (χ2n) is 7.11. The zero-order chi connectivity index (χ0) is 17.8. The highest BCUT2D eigenvalue weighted by atomic mass is 32.2. The van der Waals surface area contributed by atoms with Crippen molar-refractivity contribution in [2.75, 3.05) is 26.2 Å². The van der Waals surface area contributed by atoms with E-state index < -0.39 is 0 Å². The molecule has 138 valence electrons. The molecule has 1 N–H and O–H groups in total. The number of carbonyl (C=O) groups excluding carboxylic acids is 1. The van der Waals surface area contributed by atoms with Gasteiger partial charge in [0.2, 0.25) is 5.91 Å². The SMILES string of the molecule is Cc1cc(=O)[nH]c(S[C@H](C)C(=O)N2CCCN(C3CCCC3)CC2)n1. The fourth-order valence-electron chi connectivity index (χ4n) is 3.87. The highest BCUT2D eigenvalue weighted by Gasteiger charge is 2.28. The summed E-state index contributed by atoms with van der Waals surface area (Å²) in [6.45, 7) is 7.39. The zero-order valence-electron chi connectivity index (χ0n) is 15.2. The number of thioether (sulfide) groups is 1. The predicted molar refractivity (Wildman–Crippen MR) is 99.9 cm³/mol. The molecular weight excluding hydrogens is 336 g/mol. The van der Waals surface area contributed by atoms with Gasteiger partial charge in [-0.3, -0.25) is 14.5 Å². The van der Waals surface area contributed by atoms with Gasteiger partial charge in [0.05, 0.1) is 5.25 Å². The van der Waals surface area contributed by atoms with Gasteiger partial charge >= 0.3 is 0 Å². The summed E-state index contributed by atoms with van der Waals surface area (Å²) in [5.41, 5.74) is 0.504. The molecule has 7 heteroatoms. The molecule has 25 heavy (non-hydrogen) atoms. The quantitative estimate of drug-likeness (QED) is 0.654. The number of aromatic nitrogens is 2. The molecule has 1 saturated heterocycles. The van der Waals surface area contributed by atoms with Crippen molar-refractivity contribution in [2.24, 2.45) is 0 Å². The maximum absolute atomic E-state index is 12.8. The first kappa shape index (κ1) is 18.5. The zero-order valence-corrected chi connectivity index (χ0v) is 16.0. The maximum Gasteiger partial charge on any atom is 0.251 e. The standard InChI is InChI=1S/C18H28N4O2S/c1-13-12-16(23)20-18(19-13)25-14(2)17(24)22-9-5-8-21(10-11-22)15-6-3-4-7-15/h12,14-15H,3-11H2,1-2H3,(H,19,20,23)/t14-/m1/s1. The number of H-pyrrole nitrogens is 1. The summed E-state index contributed by atoms with van der Waals surface area (Å²) >= 11 is 1.34. The molecule has 1 atom stereocenters. The van der Waals surface area contributed by atoms with Gasteiger partial charge in [0.15, 0.2) is 5.16 Å². The minimum absolute atomic E-state index is 0.141. The van der Waals surface area contributed by atoms with E-state index in [0.29, 0.717) is 10.9 Å². The topological polar surface area (TPSA) is 69.3 Å². The van der Waals surface area contributed by atoms with Crippen LogP contribution in [0.3, 0.4) is 0 Å². The highest BCUT2D eigenvalue weighted by Crippen LogP contribution is 2.25. The van der Waals surface area contributed by atoms with Crippen LogP contribution in [0.2, 0.25) is 0 Å². The van der Waals surface area contributed by atoms with E-state index in [0.717, 1.165) is 38.6 Å². The average molecular weight is 365 g/mol. The molecule has 1 aliphatic carbocycles. The highest BCUT2D eigenvalue weighted by molar-refractivity contribution is 8.00. The molecule has 3 rings (SSSR count). The number of nitrogens with one attached hydrogen (secondary N) is 1. The summed E-state index contributed by atoms with van der Waals surface area (Å²) in [4.78, 5) is 36.0. The molecule has 0 aromatic carbocycles. The molecule has 0 radical (unpaired) electrons. The summed E-state index contributed by atoms with van der Waals surface area (Å²) < 4.78 is 0. The van der Waals surface area contributed by atoms with Crippen LogP contribution in [0.5, 0.6) is 0 Å². The molecule has 1 amide bonds. The van der Waals surface area contributed by atoms with E-state index in [9.17, 15) is 9.59 Å². The number of nitrogens with zero attached hydrogens (tertiary/aromatic N) is 3. The van der Waals surface area contributed by atoms with E-state index in [-0.39, 0.29) is 16.7 Å². The van der Waals surface area contributed by atoms with E-state index in [1.807, 2.05) is 11.8 Å². The van der Waals surface area contributed by atoms with Gasteiger partial charge in [-0.25, -0.2) is 4.98 Å². The fourth-order valence-corrected chi connectivity index (χ4v) is 4.82. The normalized spacial score (nSPS) is 21.3. The van der Waals surface area contributed by atoms with Crippen LogP contribution in [0.4, 0.5) is 0 Å². The molecule has 0 unspecified atom stereocenters. The van der Waals surface area contributed by atoms with Crippen molar-refractivity contribution in [3.8, 4) is 0 Å². The monoisotopic (exact) mass is 364 g/mol. The molecule has 1 saturated carbocycles. The van der Waals surface area contributed by atoms with Crippen LogP contribution in [-0.4, -0.2) is 63.1 Å². The van der Waals surface area contributed by atoms with Crippen molar-refractivity contribution >= 4 is 17.7 Å². The lowest BCUT2D eigenvalue weighted by Gasteiger charge is -2.27. The van der Waals surface area contributed by atoms with Crippen molar-refractivity contribution < 1.29 is 4.79 Å². The Morgan fingerprint density at radius 1 is 1.24 bits per heavy atom. The molecule has 1 aliphatic heterocycles. The first-order chi connectivity index (χ1) is 12.0.